The fourth-order valence-corrected chi connectivity index (χ4v) is 4.35. The van der Waals surface area contributed by atoms with Gasteiger partial charge in [-0.25, -0.2) is 0 Å². The van der Waals surface area contributed by atoms with Gasteiger partial charge in [-0.2, -0.15) is 0 Å². The molecule has 1 heterocycles. The van der Waals surface area contributed by atoms with Crippen molar-refractivity contribution in [2.75, 3.05) is 26.2 Å². The summed E-state index contributed by atoms with van der Waals surface area (Å²) in [7, 11) is 4.55. The van der Waals surface area contributed by atoms with Gasteiger partial charge < -0.3 is 19.3 Å². The molecule has 0 spiro atoms. The van der Waals surface area contributed by atoms with Crippen molar-refractivity contribution in [3.05, 3.63) is 87.9 Å². The third-order valence-electron chi connectivity index (χ3n) is 6.03. The Morgan fingerprint density at radius 3 is 2.23 bits per heavy atom. The number of ether oxygens (including phenoxy) is 3. The Bertz CT molecular complexity index is 1330. The van der Waals surface area contributed by atoms with Crippen LogP contribution >= 0.6 is 11.6 Å². The highest BCUT2D eigenvalue weighted by Crippen LogP contribution is 2.45. The van der Waals surface area contributed by atoms with Crippen LogP contribution in [-0.2, 0) is 9.59 Å². The van der Waals surface area contributed by atoms with E-state index in [0.717, 1.165) is 0 Å². The third kappa shape index (κ3) is 4.19. The number of rotatable bonds is 6. The van der Waals surface area contributed by atoms with E-state index in [1.807, 2.05) is 0 Å². The lowest BCUT2D eigenvalue weighted by molar-refractivity contribution is -0.132. The van der Waals surface area contributed by atoms with Gasteiger partial charge in [0.2, 0.25) is 0 Å². The summed E-state index contributed by atoms with van der Waals surface area (Å²) < 4.78 is 16.0. The molecule has 1 atom stereocenters. The Labute approximate surface area is 208 Å². The number of hydrogen-bond acceptors (Lipinski definition) is 6. The molecule has 0 bridgehead atoms. The number of aliphatic hydroxyl groups is 1. The fourth-order valence-electron chi connectivity index (χ4n) is 4.18. The van der Waals surface area contributed by atoms with Gasteiger partial charge in [-0.15, -0.1) is 0 Å². The number of methoxy groups -OCH3 is 3. The molecule has 0 aliphatic carbocycles. The van der Waals surface area contributed by atoms with E-state index in [0.29, 0.717) is 44.6 Å². The van der Waals surface area contributed by atoms with E-state index in [1.165, 1.54) is 26.2 Å². The van der Waals surface area contributed by atoms with Crippen molar-refractivity contribution in [3.8, 4) is 17.2 Å². The summed E-state index contributed by atoms with van der Waals surface area (Å²) in [5.74, 6) is -0.381. The summed E-state index contributed by atoms with van der Waals surface area (Å²) in [5.41, 5.74) is 1.97. The number of nitrogens with zero attached hydrogens (tertiary/aromatic N) is 1. The molecule has 3 aromatic carbocycles. The van der Waals surface area contributed by atoms with Gasteiger partial charge in [0, 0.05) is 16.3 Å². The number of hydrogen-bond donors (Lipinski definition) is 1. The summed E-state index contributed by atoms with van der Waals surface area (Å²) in [6.07, 6.45) is 0. The van der Waals surface area contributed by atoms with E-state index in [-0.39, 0.29) is 11.3 Å². The monoisotopic (exact) mass is 493 g/mol. The van der Waals surface area contributed by atoms with Crippen molar-refractivity contribution in [1.29, 1.82) is 0 Å². The molecule has 1 N–H and O–H groups in total. The van der Waals surface area contributed by atoms with E-state index in [4.69, 9.17) is 25.8 Å². The molecular weight excluding hydrogens is 470 g/mol. The summed E-state index contributed by atoms with van der Waals surface area (Å²) in [6.45, 7) is 1.77. The van der Waals surface area contributed by atoms with Crippen molar-refractivity contribution < 1.29 is 28.9 Å². The van der Waals surface area contributed by atoms with Crippen molar-refractivity contribution in [2.24, 2.45) is 0 Å². The van der Waals surface area contributed by atoms with E-state index in [2.05, 4.69) is 0 Å². The first-order chi connectivity index (χ1) is 16.8. The zero-order valence-electron chi connectivity index (χ0n) is 19.7. The molecule has 0 radical (unpaired) electrons. The lowest BCUT2D eigenvalue weighted by atomic mass is 9.94. The lowest BCUT2D eigenvalue weighted by Crippen LogP contribution is -2.30. The van der Waals surface area contributed by atoms with Crippen LogP contribution in [0.15, 0.2) is 66.2 Å². The van der Waals surface area contributed by atoms with Crippen molar-refractivity contribution in [2.45, 2.75) is 13.0 Å². The van der Waals surface area contributed by atoms with Crippen LogP contribution < -0.4 is 19.1 Å². The molecular formula is C27H24ClNO6. The lowest BCUT2D eigenvalue weighted by Gasteiger charge is -2.27. The van der Waals surface area contributed by atoms with E-state index < -0.39 is 17.7 Å². The number of aliphatic hydroxyl groups excluding tert-OH is 1. The topological polar surface area (TPSA) is 85.3 Å². The van der Waals surface area contributed by atoms with Crippen LogP contribution in [0.25, 0.3) is 5.76 Å². The standard InChI is InChI=1S/C27H24ClNO6/c1-15-19(28)6-5-7-20(15)29-24(17-10-13-21(34-3)22(14-17)35-4)23(26(31)27(29)32)25(30)16-8-11-18(33-2)12-9-16/h5-14,24,30H,1-4H3/b25-23+. The molecule has 4 rings (SSSR count). The number of Topliss-reactive ketones (excluding diaryl/α,β-unsaturated/α-hetero) is 1. The Morgan fingerprint density at radius 2 is 1.60 bits per heavy atom. The van der Waals surface area contributed by atoms with Gasteiger partial charge in [0.1, 0.15) is 11.5 Å². The zero-order chi connectivity index (χ0) is 25.3. The van der Waals surface area contributed by atoms with E-state index in [1.54, 1.807) is 67.6 Å². The number of carbonyl (C=O) groups is 2. The molecule has 7 nitrogen and oxygen atoms in total. The Kier molecular flexibility index (Phi) is 6.71. The first kappa shape index (κ1) is 24.2. The minimum atomic E-state index is -0.936. The molecule has 1 saturated heterocycles. The number of halogens is 1. The van der Waals surface area contributed by atoms with Gasteiger partial charge in [0.15, 0.2) is 11.5 Å². The Hall–Kier alpha value is -3.97. The highest BCUT2D eigenvalue weighted by Gasteiger charge is 2.47. The maximum absolute atomic E-state index is 13.4. The number of ketones is 1. The maximum atomic E-state index is 13.4. The first-order valence-electron chi connectivity index (χ1n) is 10.7. The summed E-state index contributed by atoms with van der Waals surface area (Å²) in [5, 5.41) is 11.7. The first-order valence-corrected chi connectivity index (χ1v) is 11.1. The Balaban J connectivity index is 1.98. The third-order valence-corrected chi connectivity index (χ3v) is 6.44. The molecule has 8 heteroatoms. The second-order valence-electron chi connectivity index (χ2n) is 7.90. The van der Waals surface area contributed by atoms with Gasteiger partial charge in [-0.05, 0) is 66.6 Å². The van der Waals surface area contributed by atoms with Gasteiger partial charge in [0.25, 0.3) is 11.7 Å². The van der Waals surface area contributed by atoms with Crippen LogP contribution in [0.5, 0.6) is 17.2 Å². The number of amides is 1. The van der Waals surface area contributed by atoms with Crippen LogP contribution in [-0.4, -0.2) is 38.1 Å². The van der Waals surface area contributed by atoms with E-state index >= 15 is 0 Å². The van der Waals surface area contributed by atoms with Crippen molar-refractivity contribution >= 4 is 34.7 Å². The highest BCUT2D eigenvalue weighted by molar-refractivity contribution is 6.52. The number of carbonyl (C=O) groups excluding carboxylic acids is 2. The second-order valence-corrected chi connectivity index (χ2v) is 8.30. The van der Waals surface area contributed by atoms with Crippen LogP contribution in [0, 0.1) is 6.92 Å². The predicted octanol–water partition coefficient (Wildman–Crippen LogP) is 5.30. The largest absolute Gasteiger partial charge is 0.507 e. The molecule has 3 aromatic rings. The van der Waals surface area contributed by atoms with Crippen LogP contribution in [0.3, 0.4) is 0 Å². The Morgan fingerprint density at radius 1 is 0.914 bits per heavy atom. The normalized spacial score (nSPS) is 16.9. The SMILES string of the molecule is COc1ccc(/C(O)=C2\C(=O)C(=O)N(c3cccc(Cl)c3C)C2c2ccc(OC)c(OC)c2)cc1. The summed E-state index contributed by atoms with van der Waals surface area (Å²) in [6, 6.07) is 15.9. The quantitative estimate of drug-likeness (QED) is 0.285. The predicted molar refractivity (Wildman–Crippen MR) is 134 cm³/mol. The average molecular weight is 494 g/mol. The molecule has 1 amide bonds. The van der Waals surface area contributed by atoms with Gasteiger partial charge in [0.05, 0.1) is 32.9 Å². The van der Waals surface area contributed by atoms with E-state index in [9.17, 15) is 14.7 Å². The maximum Gasteiger partial charge on any atom is 0.300 e. The molecule has 0 saturated carbocycles. The van der Waals surface area contributed by atoms with Crippen LogP contribution in [0.2, 0.25) is 5.02 Å². The van der Waals surface area contributed by atoms with Crippen LogP contribution in [0.1, 0.15) is 22.7 Å². The highest BCUT2D eigenvalue weighted by atomic mass is 35.5. The number of benzene rings is 3. The minimum Gasteiger partial charge on any atom is -0.507 e. The fraction of sp³-hybridized carbons (Fsp3) is 0.185. The summed E-state index contributed by atoms with van der Waals surface area (Å²) in [4.78, 5) is 28.1. The van der Waals surface area contributed by atoms with Crippen molar-refractivity contribution in [1.82, 2.24) is 0 Å². The van der Waals surface area contributed by atoms with Crippen molar-refractivity contribution in [3.63, 3.8) is 0 Å². The molecule has 1 unspecified atom stereocenters. The average Bonchev–Trinajstić information content (AvgIpc) is 3.15. The smallest absolute Gasteiger partial charge is 0.300 e. The van der Waals surface area contributed by atoms with Gasteiger partial charge in [-0.3, -0.25) is 14.5 Å². The molecule has 180 valence electrons. The van der Waals surface area contributed by atoms with Gasteiger partial charge >= 0.3 is 0 Å². The second kappa shape index (κ2) is 9.72. The number of anilines is 1. The molecule has 1 aliphatic heterocycles. The van der Waals surface area contributed by atoms with Crippen LogP contribution in [0.4, 0.5) is 5.69 Å². The zero-order valence-corrected chi connectivity index (χ0v) is 20.4. The molecule has 1 aliphatic rings. The molecule has 0 aromatic heterocycles. The van der Waals surface area contributed by atoms with Gasteiger partial charge in [-0.1, -0.05) is 23.7 Å². The molecule has 1 fully saturated rings. The molecule has 35 heavy (non-hydrogen) atoms. The minimum absolute atomic E-state index is 0.0493. The summed E-state index contributed by atoms with van der Waals surface area (Å²) >= 11 is 6.35.